The predicted molar refractivity (Wildman–Crippen MR) is 115 cm³/mol. The number of benzene rings is 2. The van der Waals surface area contributed by atoms with Crippen LogP contribution >= 0.6 is 11.6 Å². The zero-order valence-corrected chi connectivity index (χ0v) is 17.9. The van der Waals surface area contributed by atoms with Crippen LogP contribution in [0.15, 0.2) is 41.3 Å². The van der Waals surface area contributed by atoms with Gasteiger partial charge in [0.05, 0.1) is 10.6 Å². The Balaban J connectivity index is 1.81. The van der Waals surface area contributed by atoms with E-state index in [1.54, 1.807) is 13.1 Å². The van der Waals surface area contributed by atoms with Crippen molar-refractivity contribution in [1.29, 1.82) is 0 Å². The van der Waals surface area contributed by atoms with Crippen LogP contribution in [0, 0.1) is 0 Å². The number of nitrogens with one attached hydrogen (secondary N) is 1. The Morgan fingerprint density at radius 3 is 2.66 bits per heavy atom. The minimum Gasteiger partial charge on any atom is -0.481 e. The maximum atomic E-state index is 13.2. The second kappa shape index (κ2) is 9.05. The van der Waals surface area contributed by atoms with E-state index in [2.05, 4.69) is 5.32 Å². The first-order chi connectivity index (χ1) is 13.8. The van der Waals surface area contributed by atoms with Crippen LogP contribution in [0.5, 0.6) is 0 Å². The van der Waals surface area contributed by atoms with Crippen LogP contribution in [-0.2, 0) is 21.2 Å². The van der Waals surface area contributed by atoms with Gasteiger partial charge in [0, 0.05) is 42.7 Å². The van der Waals surface area contributed by atoms with Crippen LogP contribution in [0.1, 0.15) is 43.2 Å². The number of para-hydroxylation sites is 1. The Morgan fingerprint density at radius 1 is 1.17 bits per heavy atom. The fourth-order valence-electron chi connectivity index (χ4n) is 3.59. The van der Waals surface area contributed by atoms with Gasteiger partial charge in [-0.1, -0.05) is 42.6 Å². The molecule has 0 aliphatic carbocycles. The molecular formula is C21H25ClN2O4S. The summed E-state index contributed by atoms with van der Waals surface area (Å²) < 4.78 is 27.7. The normalized spacial score (nSPS) is 14.6. The third-order valence-corrected chi connectivity index (χ3v) is 7.20. The second-order valence-electron chi connectivity index (χ2n) is 7.19. The van der Waals surface area contributed by atoms with Crippen molar-refractivity contribution in [3.63, 3.8) is 0 Å². The molecule has 2 N–H and O–H groups in total. The fraction of sp³-hybridized carbons (Fsp3) is 0.381. The summed E-state index contributed by atoms with van der Waals surface area (Å²) in [4.78, 5) is 10.8. The van der Waals surface area contributed by atoms with Crippen LogP contribution in [0.2, 0.25) is 5.02 Å². The zero-order chi connectivity index (χ0) is 21.0. The minimum atomic E-state index is -3.71. The fourth-order valence-corrected chi connectivity index (χ4v) is 5.38. The highest BCUT2D eigenvalue weighted by atomic mass is 35.5. The van der Waals surface area contributed by atoms with Gasteiger partial charge >= 0.3 is 5.97 Å². The number of hydrogen-bond donors (Lipinski definition) is 2. The molecule has 1 heterocycles. The highest BCUT2D eigenvalue weighted by molar-refractivity contribution is 7.92. The van der Waals surface area contributed by atoms with Crippen LogP contribution < -0.4 is 9.62 Å². The van der Waals surface area contributed by atoms with E-state index in [4.69, 9.17) is 16.7 Å². The van der Waals surface area contributed by atoms with Crippen molar-refractivity contribution >= 4 is 39.0 Å². The molecule has 0 unspecified atom stereocenters. The third kappa shape index (κ3) is 4.85. The van der Waals surface area contributed by atoms with Gasteiger partial charge in [0.1, 0.15) is 0 Å². The number of fused-ring (bicyclic) bond motifs is 2. The summed E-state index contributed by atoms with van der Waals surface area (Å²) in [6.45, 7) is 0.664. The molecule has 0 spiro atoms. The number of aliphatic carboxylic acids is 1. The molecule has 2 aromatic carbocycles. The second-order valence-corrected chi connectivity index (χ2v) is 9.57. The summed E-state index contributed by atoms with van der Waals surface area (Å²) in [6.07, 6.45) is 3.99. The number of carboxylic acid groups (broad SMARTS) is 1. The van der Waals surface area contributed by atoms with E-state index in [1.807, 2.05) is 24.3 Å². The summed E-state index contributed by atoms with van der Waals surface area (Å²) in [7, 11) is -2.15. The van der Waals surface area contributed by atoms with Crippen molar-refractivity contribution in [3.8, 4) is 0 Å². The molecule has 8 heteroatoms. The van der Waals surface area contributed by atoms with Gasteiger partial charge in [-0.25, -0.2) is 8.42 Å². The predicted octanol–water partition coefficient (Wildman–Crippen LogP) is 4.52. The summed E-state index contributed by atoms with van der Waals surface area (Å²) in [6, 6.07) is 10.8. The van der Waals surface area contributed by atoms with Crippen molar-refractivity contribution < 1.29 is 18.3 Å². The molecule has 0 saturated heterocycles. The molecule has 6 nitrogen and oxygen atoms in total. The lowest BCUT2D eigenvalue weighted by Gasteiger charge is -2.20. The van der Waals surface area contributed by atoms with Gasteiger partial charge in [0.15, 0.2) is 0 Å². The van der Waals surface area contributed by atoms with Crippen molar-refractivity contribution in [1.82, 2.24) is 0 Å². The molecule has 3 rings (SSSR count). The van der Waals surface area contributed by atoms with E-state index in [0.717, 1.165) is 36.1 Å². The van der Waals surface area contributed by atoms with E-state index in [9.17, 15) is 13.2 Å². The summed E-state index contributed by atoms with van der Waals surface area (Å²) >= 11 is 6.25. The average Bonchev–Trinajstić information content (AvgIpc) is 2.75. The number of carbonyl (C=O) groups is 1. The van der Waals surface area contributed by atoms with E-state index in [0.29, 0.717) is 30.1 Å². The van der Waals surface area contributed by atoms with Crippen molar-refractivity contribution in [2.45, 2.75) is 43.4 Å². The molecule has 1 aliphatic rings. The first kappa shape index (κ1) is 21.5. The molecular weight excluding hydrogens is 412 g/mol. The summed E-state index contributed by atoms with van der Waals surface area (Å²) in [5, 5.41) is 12.4. The maximum Gasteiger partial charge on any atom is 0.303 e. The Hall–Kier alpha value is -2.25. The van der Waals surface area contributed by atoms with Gasteiger partial charge in [-0.05, 0) is 36.6 Å². The highest BCUT2D eigenvalue weighted by Crippen LogP contribution is 2.38. The van der Waals surface area contributed by atoms with Crippen molar-refractivity contribution in [3.05, 3.63) is 52.5 Å². The average molecular weight is 437 g/mol. The molecule has 0 fully saturated rings. The number of carboxylic acids is 1. The highest BCUT2D eigenvalue weighted by Gasteiger charge is 2.31. The number of anilines is 2. The quantitative estimate of drug-likeness (QED) is 0.594. The van der Waals surface area contributed by atoms with E-state index in [1.165, 1.54) is 10.4 Å². The Bertz CT molecular complexity index is 1010. The van der Waals surface area contributed by atoms with Crippen LogP contribution in [0.4, 0.5) is 11.4 Å². The van der Waals surface area contributed by atoms with Crippen molar-refractivity contribution in [2.75, 3.05) is 23.2 Å². The SMILES string of the molecule is CN1c2ccccc2Cc2c(NCCCCCCC(=O)O)cc(Cl)cc2S1(=O)=O. The molecule has 0 bridgehead atoms. The molecule has 1 aliphatic heterocycles. The van der Waals surface area contributed by atoms with Crippen LogP contribution in [-0.4, -0.2) is 33.1 Å². The van der Waals surface area contributed by atoms with Gasteiger partial charge in [-0.3, -0.25) is 9.10 Å². The first-order valence-corrected chi connectivity index (χ1v) is 11.5. The lowest BCUT2D eigenvalue weighted by atomic mass is 10.0. The Kier molecular flexibility index (Phi) is 6.70. The number of nitrogens with zero attached hydrogens (tertiary/aromatic N) is 1. The molecule has 29 heavy (non-hydrogen) atoms. The largest absolute Gasteiger partial charge is 0.481 e. The van der Waals surface area contributed by atoms with Crippen molar-refractivity contribution in [2.24, 2.45) is 0 Å². The smallest absolute Gasteiger partial charge is 0.303 e. The standard InChI is InChI=1S/C21H25ClN2O4S/c1-24-19-9-6-5-8-15(19)12-17-18(13-16(22)14-20(17)29(24,27)28)23-11-7-3-2-4-10-21(25)26/h5-6,8-9,13-14,23H,2-4,7,10-12H2,1H3,(H,25,26). The van der Waals surface area contributed by atoms with Gasteiger partial charge in [-0.15, -0.1) is 0 Å². The molecule has 0 saturated carbocycles. The molecule has 0 radical (unpaired) electrons. The zero-order valence-electron chi connectivity index (χ0n) is 16.3. The van der Waals surface area contributed by atoms with Gasteiger partial charge in [-0.2, -0.15) is 0 Å². The molecule has 156 valence electrons. The molecule has 0 aromatic heterocycles. The molecule has 2 aromatic rings. The number of sulfonamides is 1. The van der Waals surface area contributed by atoms with E-state index in [-0.39, 0.29) is 11.3 Å². The monoisotopic (exact) mass is 436 g/mol. The van der Waals surface area contributed by atoms with Crippen LogP contribution in [0.3, 0.4) is 0 Å². The van der Waals surface area contributed by atoms with E-state index < -0.39 is 16.0 Å². The number of hydrogen-bond acceptors (Lipinski definition) is 4. The Morgan fingerprint density at radius 2 is 1.90 bits per heavy atom. The lowest BCUT2D eigenvalue weighted by molar-refractivity contribution is -0.137. The van der Waals surface area contributed by atoms with Gasteiger partial charge in [0.25, 0.3) is 10.0 Å². The lowest BCUT2D eigenvalue weighted by Crippen LogP contribution is -2.26. The molecule has 0 atom stereocenters. The summed E-state index contributed by atoms with van der Waals surface area (Å²) in [5.41, 5.74) is 3.06. The molecule has 0 amide bonds. The van der Waals surface area contributed by atoms with Gasteiger partial charge < -0.3 is 10.4 Å². The first-order valence-electron chi connectivity index (χ1n) is 9.65. The number of unbranched alkanes of at least 4 members (excludes halogenated alkanes) is 3. The topological polar surface area (TPSA) is 86.7 Å². The van der Waals surface area contributed by atoms with Gasteiger partial charge in [0.2, 0.25) is 0 Å². The van der Waals surface area contributed by atoms with E-state index >= 15 is 0 Å². The number of halogens is 1. The third-order valence-electron chi connectivity index (χ3n) is 5.14. The number of rotatable bonds is 8. The summed E-state index contributed by atoms with van der Waals surface area (Å²) in [5.74, 6) is -0.767. The maximum absolute atomic E-state index is 13.2. The van der Waals surface area contributed by atoms with Crippen LogP contribution in [0.25, 0.3) is 0 Å². The Labute approximate surface area is 176 Å². The minimum absolute atomic E-state index is 0.194.